The van der Waals surface area contributed by atoms with Crippen LogP contribution in [0.2, 0.25) is 0 Å². The molecule has 0 saturated heterocycles. The van der Waals surface area contributed by atoms with Crippen molar-refractivity contribution >= 4 is 23.4 Å². The van der Waals surface area contributed by atoms with E-state index in [0.717, 1.165) is 11.1 Å². The summed E-state index contributed by atoms with van der Waals surface area (Å²) in [6.07, 6.45) is 0.382. The van der Waals surface area contributed by atoms with Gasteiger partial charge in [-0.15, -0.1) is 0 Å². The molecule has 35 heavy (non-hydrogen) atoms. The average molecular weight is 478 g/mol. The molecule has 0 saturated carbocycles. The maximum absolute atomic E-state index is 13.1. The van der Waals surface area contributed by atoms with Crippen LogP contribution in [-0.4, -0.2) is 42.7 Å². The summed E-state index contributed by atoms with van der Waals surface area (Å²) in [5, 5.41) is 14.2. The van der Waals surface area contributed by atoms with Crippen molar-refractivity contribution in [3.05, 3.63) is 90.0 Å². The van der Waals surface area contributed by atoms with Crippen molar-refractivity contribution in [1.29, 1.82) is 0 Å². The second kappa shape index (κ2) is 12.8. The Morgan fingerprint density at radius 2 is 1.49 bits per heavy atom. The molecule has 3 rings (SSSR count). The van der Waals surface area contributed by atoms with Crippen molar-refractivity contribution in [3.8, 4) is 11.5 Å². The molecule has 3 aromatic carbocycles. The minimum Gasteiger partial charge on any atom is -0.497 e. The van der Waals surface area contributed by atoms with Crippen molar-refractivity contribution in [1.82, 2.24) is 10.8 Å². The Kier molecular flexibility index (Phi) is 9.21. The molecule has 0 spiro atoms. The maximum atomic E-state index is 13.1. The maximum Gasteiger partial charge on any atom is 0.281 e. The van der Waals surface area contributed by atoms with Crippen LogP contribution in [0.4, 0.5) is 5.69 Å². The Balaban J connectivity index is 1.70. The zero-order valence-corrected chi connectivity index (χ0v) is 19.2. The zero-order valence-electron chi connectivity index (χ0n) is 19.2. The molecule has 0 radical (unpaired) electrons. The van der Waals surface area contributed by atoms with Gasteiger partial charge < -0.3 is 20.1 Å². The first-order chi connectivity index (χ1) is 17.0. The number of carbonyl (C=O) groups is 3. The number of rotatable bonds is 11. The summed E-state index contributed by atoms with van der Waals surface area (Å²) in [7, 11) is 1.56. The summed E-state index contributed by atoms with van der Waals surface area (Å²) >= 11 is 0. The molecular weight excluding hydrogens is 450 g/mol. The van der Waals surface area contributed by atoms with E-state index in [2.05, 4.69) is 10.6 Å². The van der Waals surface area contributed by atoms with Gasteiger partial charge >= 0.3 is 0 Å². The van der Waals surface area contributed by atoms with Crippen molar-refractivity contribution in [2.75, 3.05) is 19.0 Å². The second-order valence-corrected chi connectivity index (χ2v) is 7.67. The van der Waals surface area contributed by atoms with E-state index in [0.29, 0.717) is 17.2 Å². The summed E-state index contributed by atoms with van der Waals surface area (Å²) in [6, 6.07) is 22.1. The number of carbonyl (C=O) groups excluding carboxylic acids is 3. The first kappa shape index (κ1) is 25.3. The van der Waals surface area contributed by atoms with Gasteiger partial charge in [-0.25, -0.2) is 5.48 Å². The number of ether oxygens (including phenoxy) is 2. The summed E-state index contributed by atoms with van der Waals surface area (Å²) < 4.78 is 10.4. The van der Waals surface area contributed by atoms with Gasteiger partial charge in [0.15, 0.2) is 6.61 Å². The molecule has 4 N–H and O–H groups in total. The number of hydrogen-bond acceptors (Lipinski definition) is 6. The highest BCUT2D eigenvalue weighted by molar-refractivity contribution is 5.97. The van der Waals surface area contributed by atoms with Crippen molar-refractivity contribution < 1.29 is 29.1 Å². The summed E-state index contributed by atoms with van der Waals surface area (Å²) in [4.78, 5) is 36.9. The van der Waals surface area contributed by atoms with Crippen LogP contribution >= 0.6 is 0 Å². The molecule has 0 bridgehead atoms. The van der Waals surface area contributed by atoms with Crippen LogP contribution in [0, 0.1) is 0 Å². The highest BCUT2D eigenvalue weighted by Crippen LogP contribution is 2.17. The largest absolute Gasteiger partial charge is 0.497 e. The van der Waals surface area contributed by atoms with Crippen molar-refractivity contribution in [2.45, 2.75) is 18.9 Å². The molecule has 0 aliphatic rings. The SMILES string of the molecule is COc1ccc(NC(=O)[C@H](Cc2ccc(OCC(=O)NO)cc2)NC(=O)Cc2ccccc2)cc1. The van der Waals surface area contributed by atoms with Gasteiger partial charge in [-0.05, 0) is 47.5 Å². The predicted molar refractivity (Wildman–Crippen MR) is 129 cm³/mol. The van der Waals surface area contributed by atoms with Gasteiger partial charge in [0.25, 0.3) is 5.91 Å². The van der Waals surface area contributed by atoms with Gasteiger partial charge in [0.2, 0.25) is 11.8 Å². The fourth-order valence-electron chi connectivity index (χ4n) is 3.28. The van der Waals surface area contributed by atoms with Crippen LogP contribution in [0.1, 0.15) is 11.1 Å². The molecule has 3 amide bonds. The molecule has 0 aliphatic heterocycles. The first-order valence-corrected chi connectivity index (χ1v) is 10.9. The van der Waals surface area contributed by atoms with Crippen LogP contribution in [0.5, 0.6) is 11.5 Å². The molecule has 1 atom stereocenters. The van der Waals surface area contributed by atoms with Crippen molar-refractivity contribution in [3.63, 3.8) is 0 Å². The molecule has 0 fully saturated rings. The average Bonchev–Trinajstić information content (AvgIpc) is 2.88. The van der Waals surface area contributed by atoms with Crippen LogP contribution < -0.4 is 25.6 Å². The number of hydrogen-bond donors (Lipinski definition) is 4. The van der Waals surface area contributed by atoms with Gasteiger partial charge in [0, 0.05) is 12.1 Å². The van der Waals surface area contributed by atoms with E-state index in [4.69, 9.17) is 14.7 Å². The Hall–Kier alpha value is -4.37. The zero-order chi connectivity index (χ0) is 25.0. The standard InChI is InChI=1S/C26H27N3O6/c1-34-21-13-9-20(10-14-21)27-26(32)23(28-24(30)16-18-5-3-2-4-6-18)15-19-7-11-22(12-8-19)35-17-25(31)29-33/h2-14,23,33H,15-17H2,1H3,(H,27,32)(H,28,30)(H,29,31)/t23-/m0/s1. The number of methoxy groups -OCH3 is 1. The number of amides is 3. The van der Waals surface area contributed by atoms with E-state index < -0.39 is 11.9 Å². The molecule has 0 unspecified atom stereocenters. The molecule has 0 aromatic heterocycles. The van der Waals surface area contributed by atoms with E-state index in [9.17, 15) is 14.4 Å². The Morgan fingerprint density at radius 3 is 2.11 bits per heavy atom. The van der Waals surface area contributed by atoms with Crippen LogP contribution in [-0.2, 0) is 27.2 Å². The van der Waals surface area contributed by atoms with Crippen molar-refractivity contribution in [2.24, 2.45) is 0 Å². The van der Waals surface area contributed by atoms with Gasteiger partial charge in [0.1, 0.15) is 17.5 Å². The third kappa shape index (κ3) is 8.17. The molecule has 0 heterocycles. The third-order valence-corrected chi connectivity index (χ3v) is 5.07. The number of hydroxylamine groups is 1. The number of anilines is 1. The Morgan fingerprint density at radius 1 is 0.829 bits per heavy atom. The highest BCUT2D eigenvalue weighted by atomic mass is 16.5. The van der Waals surface area contributed by atoms with Crippen LogP contribution in [0.15, 0.2) is 78.9 Å². The van der Waals surface area contributed by atoms with Gasteiger partial charge in [0.05, 0.1) is 13.5 Å². The number of benzene rings is 3. The van der Waals surface area contributed by atoms with E-state index in [1.165, 1.54) is 5.48 Å². The summed E-state index contributed by atoms with van der Waals surface area (Å²) in [5.41, 5.74) is 3.68. The van der Waals surface area contributed by atoms with E-state index >= 15 is 0 Å². The lowest BCUT2D eigenvalue weighted by Gasteiger charge is -2.19. The Labute approximate surface area is 203 Å². The van der Waals surface area contributed by atoms with E-state index in [1.807, 2.05) is 30.3 Å². The lowest BCUT2D eigenvalue weighted by molar-refractivity contribution is -0.131. The molecule has 9 heteroatoms. The summed E-state index contributed by atoms with van der Waals surface area (Å²) in [5.74, 6) is -0.234. The van der Waals surface area contributed by atoms with Gasteiger partial charge in [-0.3, -0.25) is 19.6 Å². The lowest BCUT2D eigenvalue weighted by atomic mass is 10.0. The molecule has 3 aromatic rings. The third-order valence-electron chi connectivity index (χ3n) is 5.07. The van der Waals surface area contributed by atoms with Crippen LogP contribution in [0.3, 0.4) is 0 Å². The minimum absolute atomic E-state index is 0.146. The number of nitrogens with one attached hydrogen (secondary N) is 3. The molecule has 182 valence electrons. The minimum atomic E-state index is -0.833. The normalized spacial score (nSPS) is 11.1. The molecule has 0 aliphatic carbocycles. The Bertz CT molecular complexity index is 1120. The summed E-state index contributed by atoms with van der Waals surface area (Å²) in [6.45, 7) is -0.335. The molecule has 9 nitrogen and oxygen atoms in total. The fourth-order valence-corrected chi connectivity index (χ4v) is 3.28. The van der Waals surface area contributed by atoms with E-state index in [1.54, 1.807) is 55.6 Å². The predicted octanol–water partition coefficient (Wildman–Crippen LogP) is 2.49. The van der Waals surface area contributed by atoms with Gasteiger partial charge in [-0.1, -0.05) is 42.5 Å². The van der Waals surface area contributed by atoms with Gasteiger partial charge in [-0.2, -0.15) is 0 Å². The molecular formula is C26H27N3O6. The van der Waals surface area contributed by atoms with Crippen LogP contribution in [0.25, 0.3) is 0 Å². The van der Waals surface area contributed by atoms with E-state index in [-0.39, 0.29) is 31.3 Å². The second-order valence-electron chi connectivity index (χ2n) is 7.67. The fraction of sp³-hybridized carbons (Fsp3) is 0.192. The quantitative estimate of drug-likeness (QED) is 0.248. The first-order valence-electron chi connectivity index (χ1n) is 10.9. The monoisotopic (exact) mass is 477 g/mol. The lowest BCUT2D eigenvalue weighted by Crippen LogP contribution is -2.45. The smallest absolute Gasteiger partial charge is 0.281 e. The topological polar surface area (TPSA) is 126 Å². The highest BCUT2D eigenvalue weighted by Gasteiger charge is 2.22.